The Morgan fingerprint density at radius 3 is 2.02 bits per heavy atom. The largest absolute Gasteiger partial charge is 0.490 e. The summed E-state index contributed by atoms with van der Waals surface area (Å²) in [4.78, 5) is 32.6. The average Bonchev–Trinajstić information content (AvgIpc) is 3.58. The first-order chi connectivity index (χ1) is 25.1. The van der Waals surface area contributed by atoms with E-state index in [2.05, 4.69) is 64.2 Å². The molecule has 0 bridgehead atoms. The maximum absolute atomic E-state index is 12.2. The van der Waals surface area contributed by atoms with Crippen molar-refractivity contribution in [1.29, 1.82) is 0 Å². The predicted molar refractivity (Wildman–Crippen MR) is 224 cm³/mol. The van der Waals surface area contributed by atoms with E-state index in [0.717, 1.165) is 28.4 Å². The highest BCUT2D eigenvalue weighted by atomic mass is 79.9. The van der Waals surface area contributed by atoms with Gasteiger partial charge in [-0.05, 0) is 113 Å². The molecular weight excluding hydrogens is 813 g/mol. The number of nitrogens with zero attached hydrogens (tertiary/aromatic N) is 2. The molecule has 0 aliphatic heterocycles. The van der Waals surface area contributed by atoms with Crippen LogP contribution in [0.1, 0.15) is 85.0 Å². The topological polar surface area (TPSA) is 138 Å². The second-order valence-electron chi connectivity index (χ2n) is 15.6. The van der Waals surface area contributed by atoms with E-state index < -0.39 is 22.8 Å². The van der Waals surface area contributed by atoms with Gasteiger partial charge in [-0.15, -0.1) is 11.3 Å². The van der Waals surface area contributed by atoms with Crippen LogP contribution in [0.4, 0.5) is 10.6 Å². The highest BCUT2D eigenvalue weighted by Crippen LogP contribution is 2.32. The molecule has 0 spiro atoms. The smallest absolute Gasteiger partial charge is 0.408 e. The number of rotatable bonds is 14. The van der Waals surface area contributed by atoms with Crippen LogP contribution in [-0.2, 0) is 4.74 Å². The summed E-state index contributed by atoms with van der Waals surface area (Å²) in [6.07, 6.45) is 4.38. The van der Waals surface area contributed by atoms with Gasteiger partial charge in [-0.1, -0.05) is 72.9 Å². The number of carbonyl (C=O) groups is 2. The van der Waals surface area contributed by atoms with Crippen molar-refractivity contribution in [3.05, 3.63) is 85.8 Å². The molecule has 10 nitrogen and oxygen atoms in total. The van der Waals surface area contributed by atoms with Crippen molar-refractivity contribution in [2.75, 3.05) is 18.5 Å². The number of aromatic nitrogens is 2. The van der Waals surface area contributed by atoms with Gasteiger partial charge in [0.2, 0.25) is 0 Å². The SMILES string of the molecule is CC(C)C[C@@](C)(COc1ccc(Br)cc1Cl)NC(=O)OC(C)(C)C.CC(C)C[C@](C)(N)COc1ccc(-c2ccnc(NC(=O)c3nccs3)c2)cc1Cl. The molecule has 0 saturated carbocycles. The summed E-state index contributed by atoms with van der Waals surface area (Å²) in [6, 6.07) is 14.7. The van der Waals surface area contributed by atoms with Crippen molar-refractivity contribution in [2.24, 2.45) is 17.6 Å². The third-order valence-corrected chi connectivity index (χ3v) is 9.28. The zero-order chi connectivity index (χ0) is 40.3. The van der Waals surface area contributed by atoms with Crippen LogP contribution in [0.15, 0.2) is 70.8 Å². The number of carbonyl (C=O) groups excluding carboxylic acids is 2. The minimum atomic E-state index is -0.563. The molecule has 0 saturated heterocycles. The Bertz CT molecular complexity index is 1840. The Kier molecular flexibility index (Phi) is 16.6. The van der Waals surface area contributed by atoms with E-state index >= 15 is 0 Å². The van der Waals surface area contributed by atoms with E-state index in [1.54, 1.807) is 36.0 Å². The summed E-state index contributed by atoms with van der Waals surface area (Å²) >= 11 is 17.3. The number of alkyl carbamates (subject to hydrolysis) is 1. The number of nitrogens with one attached hydrogen (secondary N) is 2. The Balaban J connectivity index is 0.000000299. The zero-order valence-electron chi connectivity index (χ0n) is 32.4. The molecule has 0 aliphatic rings. The van der Waals surface area contributed by atoms with Crippen LogP contribution in [0.2, 0.25) is 10.0 Å². The van der Waals surface area contributed by atoms with Crippen LogP contribution in [0.25, 0.3) is 11.1 Å². The quantitative estimate of drug-likeness (QED) is 0.114. The number of amides is 2. The lowest BCUT2D eigenvalue weighted by molar-refractivity contribution is 0.0408. The third-order valence-electron chi connectivity index (χ3n) is 7.43. The Labute approximate surface area is 342 Å². The number of ether oxygens (including phenoxy) is 3. The van der Waals surface area contributed by atoms with E-state index in [4.69, 9.17) is 43.1 Å². The first-order valence-corrected chi connectivity index (χ1v) is 20.0. The van der Waals surface area contributed by atoms with E-state index in [9.17, 15) is 9.59 Å². The monoisotopic (exact) mass is 863 g/mol. The van der Waals surface area contributed by atoms with Crippen LogP contribution in [-0.4, -0.2) is 51.9 Å². The number of hydrogen-bond acceptors (Lipinski definition) is 9. The maximum Gasteiger partial charge on any atom is 0.408 e. The number of hydrogen-bond donors (Lipinski definition) is 3. The van der Waals surface area contributed by atoms with Crippen molar-refractivity contribution in [3.63, 3.8) is 0 Å². The second kappa shape index (κ2) is 20.0. The molecule has 2 amide bonds. The zero-order valence-corrected chi connectivity index (χ0v) is 36.3. The van der Waals surface area contributed by atoms with Gasteiger partial charge in [-0.25, -0.2) is 14.8 Å². The van der Waals surface area contributed by atoms with Gasteiger partial charge >= 0.3 is 6.09 Å². The van der Waals surface area contributed by atoms with E-state index in [1.807, 2.05) is 65.0 Å². The van der Waals surface area contributed by atoms with Gasteiger partial charge in [0.25, 0.3) is 5.91 Å². The molecule has 14 heteroatoms. The molecule has 0 unspecified atom stereocenters. The molecule has 0 fully saturated rings. The van der Waals surface area contributed by atoms with Crippen molar-refractivity contribution in [3.8, 4) is 22.6 Å². The van der Waals surface area contributed by atoms with Crippen LogP contribution < -0.4 is 25.8 Å². The Hall–Kier alpha value is -3.42. The van der Waals surface area contributed by atoms with Crippen molar-refractivity contribution >= 4 is 68.3 Å². The fourth-order valence-corrected chi connectivity index (χ4v) is 7.14. The number of anilines is 1. The normalized spacial score (nSPS) is 13.6. The first-order valence-electron chi connectivity index (χ1n) is 17.6. The molecule has 2 aromatic carbocycles. The van der Waals surface area contributed by atoms with E-state index in [0.29, 0.717) is 57.4 Å². The van der Waals surface area contributed by atoms with Crippen LogP contribution >= 0.6 is 50.5 Å². The fraction of sp³-hybridized carbons (Fsp3) is 0.450. The van der Waals surface area contributed by atoms with Crippen molar-refractivity contribution < 1.29 is 23.8 Å². The fourth-order valence-electron chi connectivity index (χ4n) is 5.64. The molecule has 2 atom stereocenters. The lowest BCUT2D eigenvalue weighted by atomic mass is 9.91. The first kappa shape index (κ1) is 45.0. The molecule has 0 aliphatic carbocycles. The van der Waals surface area contributed by atoms with Gasteiger partial charge in [0, 0.05) is 27.8 Å². The lowest BCUT2D eigenvalue weighted by Gasteiger charge is -2.33. The number of thiazole rings is 1. The van der Waals surface area contributed by atoms with E-state index in [-0.39, 0.29) is 5.91 Å². The van der Waals surface area contributed by atoms with Gasteiger partial charge in [0.15, 0.2) is 5.01 Å². The standard InChI is InChI=1S/C22H25ClN4O2S.C18H27BrClNO3/c1-14(2)12-22(3,24)13-29-18-5-4-15(10-17(18)23)16-6-7-25-19(11-16)27-20(28)21-26-8-9-30-21;1-12(2)10-18(6,21-16(22)24-17(3,4)5)11-23-15-8-7-13(19)9-14(15)20/h4-11,14H,12-13,24H2,1-3H3,(H,25,27,28);7-9,12H,10-11H2,1-6H3,(H,21,22)/t22-;18-/m00/s1. The van der Waals surface area contributed by atoms with Crippen molar-refractivity contribution in [2.45, 2.75) is 91.8 Å². The van der Waals surface area contributed by atoms with Crippen LogP contribution in [0, 0.1) is 11.8 Å². The molecule has 2 heterocycles. The number of halogens is 3. The summed E-state index contributed by atoms with van der Waals surface area (Å²) in [7, 11) is 0. The minimum absolute atomic E-state index is 0.289. The lowest BCUT2D eigenvalue weighted by Crippen LogP contribution is -2.52. The summed E-state index contributed by atoms with van der Waals surface area (Å²) in [6.45, 7) is 18.6. The van der Waals surface area contributed by atoms with Gasteiger partial charge in [0.1, 0.15) is 36.1 Å². The highest BCUT2D eigenvalue weighted by Gasteiger charge is 2.31. The maximum atomic E-state index is 12.2. The molecule has 4 rings (SSSR count). The highest BCUT2D eigenvalue weighted by molar-refractivity contribution is 9.10. The Morgan fingerprint density at radius 2 is 1.44 bits per heavy atom. The molecule has 294 valence electrons. The summed E-state index contributed by atoms with van der Waals surface area (Å²) in [5.41, 5.74) is 6.54. The number of nitrogens with two attached hydrogens (primary N) is 1. The summed E-state index contributed by atoms with van der Waals surface area (Å²) in [5, 5.41) is 8.86. The third kappa shape index (κ3) is 15.7. The van der Waals surface area contributed by atoms with E-state index in [1.165, 1.54) is 11.3 Å². The van der Waals surface area contributed by atoms with Gasteiger partial charge in [-0.2, -0.15) is 0 Å². The van der Waals surface area contributed by atoms with Crippen LogP contribution in [0.5, 0.6) is 11.5 Å². The molecule has 4 N–H and O–H groups in total. The predicted octanol–water partition coefficient (Wildman–Crippen LogP) is 11.1. The second-order valence-corrected chi connectivity index (χ2v) is 18.2. The van der Waals surface area contributed by atoms with Gasteiger partial charge < -0.3 is 30.6 Å². The number of pyridine rings is 1. The van der Waals surface area contributed by atoms with Gasteiger partial charge in [-0.3, -0.25) is 4.79 Å². The molecule has 0 radical (unpaired) electrons. The molecule has 4 aromatic rings. The Morgan fingerprint density at radius 1 is 0.833 bits per heavy atom. The van der Waals surface area contributed by atoms with Crippen molar-refractivity contribution in [1.82, 2.24) is 15.3 Å². The van der Waals surface area contributed by atoms with Gasteiger partial charge in [0.05, 0.1) is 15.6 Å². The van der Waals surface area contributed by atoms with Crippen LogP contribution in [0.3, 0.4) is 0 Å². The average molecular weight is 866 g/mol. The summed E-state index contributed by atoms with van der Waals surface area (Å²) < 4.78 is 18.0. The molecular formula is C40H52BrCl2N5O5S. The molecule has 54 heavy (non-hydrogen) atoms. The minimum Gasteiger partial charge on any atom is -0.490 e. The number of benzene rings is 2. The molecule has 2 aromatic heterocycles. The summed E-state index contributed by atoms with van der Waals surface area (Å²) in [5.74, 6) is 2.19.